The Kier molecular flexibility index (Phi) is 7.05. The predicted octanol–water partition coefficient (Wildman–Crippen LogP) is 4.25. The van der Waals surface area contributed by atoms with Crippen LogP contribution in [0.25, 0.3) is 0 Å². The third kappa shape index (κ3) is 4.93. The summed E-state index contributed by atoms with van der Waals surface area (Å²) in [6, 6.07) is 10.6. The van der Waals surface area contributed by atoms with E-state index in [0.29, 0.717) is 41.5 Å². The van der Waals surface area contributed by atoms with Crippen molar-refractivity contribution in [3.63, 3.8) is 0 Å². The van der Waals surface area contributed by atoms with E-state index in [9.17, 15) is 9.59 Å². The van der Waals surface area contributed by atoms with Crippen molar-refractivity contribution in [3.8, 4) is 17.2 Å². The van der Waals surface area contributed by atoms with Crippen molar-refractivity contribution in [1.82, 2.24) is 4.90 Å². The van der Waals surface area contributed by atoms with Crippen molar-refractivity contribution in [2.24, 2.45) is 0 Å². The van der Waals surface area contributed by atoms with Gasteiger partial charge in [0.1, 0.15) is 17.2 Å². The van der Waals surface area contributed by atoms with Crippen LogP contribution in [0, 0.1) is 0 Å². The summed E-state index contributed by atoms with van der Waals surface area (Å²) in [7, 11) is 3.08. The van der Waals surface area contributed by atoms with E-state index < -0.39 is 6.10 Å². The minimum atomic E-state index is -0.500. The van der Waals surface area contributed by atoms with E-state index in [1.54, 1.807) is 24.3 Å². The van der Waals surface area contributed by atoms with Crippen LogP contribution in [0.15, 0.2) is 36.4 Å². The molecule has 0 bridgehead atoms. The van der Waals surface area contributed by atoms with Crippen LogP contribution in [-0.2, 0) is 11.3 Å². The van der Waals surface area contributed by atoms with Crippen molar-refractivity contribution in [2.75, 3.05) is 19.5 Å². The topological polar surface area (TPSA) is 77.1 Å². The number of nitrogens with zero attached hydrogens (tertiary/aromatic N) is 1. The van der Waals surface area contributed by atoms with Crippen molar-refractivity contribution in [2.45, 2.75) is 52.3 Å². The lowest BCUT2D eigenvalue weighted by atomic mass is 10.1. The summed E-state index contributed by atoms with van der Waals surface area (Å²) in [6.07, 6.45) is 0.951. The Balaban J connectivity index is 1.88. The molecule has 7 heteroatoms. The molecule has 2 amide bonds. The van der Waals surface area contributed by atoms with Gasteiger partial charge < -0.3 is 24.4 Å². The van der Waals surface area contributed by atoms with E-state index in [2.05, 4.69) is 12.2 Å². The second-order valence-corrected chi connectivity index (χ2v) is 7.62. The third-order valence-corrected chi connectivity index (χ3v) is 5.59. The monoisotopic (exact) mass is 426 g/mol. The van der Waals surface area contributed by atoms with Gasteiger partial charge in [0, 0.05) is 35.5 Å². The molecular formula is C24H30N2O5. The van der Waals surface area contributed by atoms with Gasteiger partial charge in [-0.05, 0) is 50.1 Å². The number of carbonyl (C=O) groups is 2. The molecule has 2 atom stereocenters. The first-order valence-corrected chi connectivity index (χ1v) is 10.5. The van der Waals surface area contributed by atoms with E-state index in [-0.39, 0.29) is 17.9 Å². The maximum Gasteiger partial charge on any atom is 0.264 e. The number of hydrogen-bond acceptors (Lipinski definition) is 5. The molecule has 7 nitrogen and oxygen atoms in total. The van der Waals surface area contributed by atoms with E-state index in [1.165, 1.54) is 14.2 Å². The summed E-state index contributed by atoms with van der Waals surface area (Å²) in [6.45, 7) is 6.48. The van der Waals surface area contributed by atoms with Crippen LogP contribution in [0.3, 0.4) is 0 Å². The number of ether oxygens (including phenoxy) is 3. The number of benzene rings is 2. The number of rotatable bonds is 7. The molecule has 2 aromatic carbocycles. The van der Waals surface area contributed by atoms with Gasteiger partial charge in [0.2, 0.25) is 0 Å². The third-order valence-electron chi connectivity index (χ3n) is 5.59. The molecule has 1 heterocycles. The highest BCUT2D eigenvalue weighted by Crippen LogP contribution is 2.31. The average Bonchev–Trinajstić information content (AvgIpc) is 2.93. The van der Waals surface area contributed by atoms with Crippen molar-refractivity contribution < 1.29 is 23.8 Å². The molecule has 1 N–H and O–H groups in total. The molecule has 0 saturated heterocycles. The molecule has 0 aliphatic carbocycles. The molecule has 0 saturated carbocycles. The van der Waals surface area contributed by atoms with Gasteiger partial charge in [0.15, 0.2) is 6.10 Å². The van der Waals surface area contributed by atoms with Crippen LogP contribution < -0.4 is 19.5 Å². The molecule has 1 aliphatic rings. The summed E-state index contributed by atoms with van der Waals surface area (Å²) in [5.41, 5.74) is 1.91. The Bertz CT molecular complexity index is 937. The number of amides is 2. The average molecular weight is 427 g/mol. The van der Waals surface area contributed by atoms with Crippen molar-refractivity contribution >= 4 is 17.5 Å². The molecule has 0 radical (unpaired) electrons. The first-order valence-electron chi connectivity index (χ1n) is 10.5. The summed E-state index contributed by atoms with van der Waals surface area (Å²) in [4.78, 5) is 27.6. The molecule has 31 heavy (non-hydrogen) atoms. The van der Waals surface area contributed by atoms with Crippen LogP contribution in [0.4, 0.5) is 5.69 Å². The Morgan fingerprint density at radius 2 is 1.84 bits per heavy atom. The van der Waals surface area contributed by atoms with Crippen LogP contribution in [0.2, 0.25) is 0 Å². The standard InChI is InChI=1S/C24H30N2O5/c1-6-15(3)26-14-17-10-18(8-9-22(17)31-21(7-2)24(26)28)25-23(27)16-11-19(29-4)13-20(12-16)30-5/h8-13,15,21H,6-7,14H2,1-5H3,(H,25,27). The number of nitrogens with one attached hydrogen (secondary N) is 1. The Morgan fingerprint density at radius 1 is 1.16 bits per heavy atom. The largest absolute Gasteiger partial charge is 0.497 e. The molecule has 3 rings (SSSR count). The van der Waals surface area contributed by atoms with E-state index >= 15 is 0 Å². The van der Waals surface area contributed by atoms with E-state index in [0.717, 1.165) is 12.0 Å². The fourth-order valence-corrected chi connectivity index (χ4v) is 3.54. The smallest absolute Gasteiger partial charge is 0.264 e. The van der Waals surface area contributed by atoms with Crippen LogP contribution in [0.5, 0.6) is 17.2 Å². The van der Waals surface area contributed by atoms with Gasteiger partial charge in [-0.3, -0.25) is 9.59 Å². The van der Waals surface area contributed by atoms with Crippen molar-refractivity contribution in [1.29, 1.82) is 0 Å². The van der Waals surface area contributed by atoms with Crippen LogP contribution in [-0.4, -0.2) is 43.1 Å². The first-order chi connectivity index (χ1) is 14.9. The number of hydrogen-bond donors (Lipinski definition) is 1. The Hall–Kier alpha value is -3.22. The molecule has 2 unspecified atom stereocenters. The Labute approximate surface area is 183 Å². The number of carbonyl (C=O) groups excluding carboxylic acids is 2. The fourth-order valence-electron chi connectivity index (χ4n) is 3.54. The van der Waals surface area contributed by atoms with E-state index in [4.69, 9.17) is 14.2 Å². The lowest BCUT2D eigenvalue weighted by Crippen LogP contribution is -2.43. The minimum absolute atomic E-state index is 0.00195. The minimum Gasteiger partial charge on any atom is -0.497 e. The zero-order valence-corrected chi connectivity index (χ0v) is 18.7. The molecule has 2 aromatic rings. The SMILES string of the molecule is CCC1Oc2ccc(NC(=O)c3cc(OC)cc(OC)c3)cc2CN(C(C)CC)C1=O. The van der Waals surface area contributed by atoms with Gasteiger partial charge >= 0.3 is 0 Å². The fraction of sp³-hybridized carbons (Fsp3) is 0.417. The zero-order valence-electron chi connectivity index (χ0n) is 18.7. The highest BCUT2D eigenvalue weighted by Gasteiger charge is 2.32. The lowest BCUT2D eigenvalue weighted by molar-refractivity contribution is -0.140. The maximum atomic E-state index is 12.9. The van der Waals surface area contributed by atoms with Crippen molar-refractivity contribution in [3.05, 3.63) is 47.5 Å². The highest BCUT2D eigenvalue weighted by molar-refractivity contribution is 6.05. The predicted molar refractivity (Wildman–Crippen MR) is 119 cm³/mol. The number of anilines is 1. The van der Waals surface area contributed by atoms with Gasteiger partial charge in [-0.25, -0.2) is 0 Å². The summed E-state index contributed by atoms with van der Waals surface area (Å²) < 4.78 is 16.5. The number of fused-ring (bicyclic) bond motifs is 1. The highest BCUT2D eigenvalue weighted by atomic mass is 16.5. The summed E-state index contributed by atoms with van der Waals surface area (Å²) in [5.74, 6) is 1.46. The zero-order chi connectivity index (χ0) is 22.5. The maximum absolute atomic E-state index is 12.9. The second-order valence-electron chi connectivity index (χ2n) is 7.62. The molecule has 0 aromatic heterocycles. The number of methoxy groups -OCH3 is 2. The van der Waals surface area contributed by atoms with Gasteiger partial charge in [-0.2, -0.15) is 0 Å². The van der Waals surface area contributed by atoms with Crippen LogP contribution in [0.1, 0.15) is 49.5 Å². The molecule has 166 valence electrons. The van der Waals surface area contributed by atoms with Gasteiger partial charge in [0.05, 0.1) is 14.2 Å². The van der Waals surface area contributed by atoms with Crippen LogP contribution >= 0.6 is 0 Å². The van der Waals surface area contributed by atoms with Gasteiger partial charge in [-0.1, -0.05) is 13.8 Å². The van der Waals surface area contributed by atoms with E-state index in [1.807, 2.05) is 30.9 Å². The Morgan fingerprint density at radius 3 is 2.42 bits per heavy atom. The molecule has 1 aliphatic heterocycles. The lowest BCUT2D eigenvalue weighted by Gasteiger charge is -2.28. The molecular weight excluding hydrogens is 396 g/mol. The summed E-state index contributed by atoms with van der Waals surface area (Å²) in [5, 5.41) is 2.92. The quantitative estimate of drug-likeness (QED) is 0.716. The second kappa shape index (κ2) is 9.73. The molecule has 0 spiro atoms. The first kappa shape index (κ1) is 22.5. The summed E-state index contributed by atoms with van der Waals surface area (Å²) >= 11 is 0. The molecule has 0 fully saturated rings. The van der Waals surface area contributed by atoms with Gasteiger partial charge in [-0.15, -0.1) is 0 Å². The normalized spacial score (nSPS) is 16.6. The van der Waals surface area contributed by atoms with Gasteiger partial charge in [0.25, 0.3) is 11.8 Å².